The Labute approximate surface area is 148 Å². The third-order valence-electron chi connectivity index (χ3n) is 4.87. The summed E-state index contributed by atoms with van der Waals surface area (Å²) in [5.74, 6) is 0.0220. The first kappa shape index (κ1) is 17.7. The Morgan fingerprint density at radius 2 is 2.08 bits per heavy atom. The normalized spacial score (nSPS) is 17.8. The maximum atomic E-state index is 13.1. The Morgan fingerprint density at radius 1 is 1.28 bits per heavy atom. The van der Waals surface area contributed by atoms with E-state index < -0.39 is 0 Å². The number of nitrogens with zero attached hydrogens (tertiary/aromatic N) is 2. The molecular weight excluding hydrogens is 316 g/mol. The molecule has 134 valence electrons. The summed E-state index contributed by atoms with van der Waals surface area (Å²) in [5.41, 5.74) is 4.97. The van der Waals surface area contributed by atoms with E-state index >= 15 is 0 Å². The number of hydrogen-bond acceptors (Lipinski definition) is 3. The number of carbonyl (C=O) groups excluding carboxylic acids is 1. The van der Waals surface area contributed by atoms with Gasteiger partial charge in [0.15, 0.2) is 0 Å². The van der Waals surface area contributed by atoms with Gasteiger partial charge in [-0.05, 0) is 51.0 Å². The molecule has 2 heterocycles. The number of morpholine rings is 1. The molecule has 1 atom stereocenters. The highest BCUT2D eigenvalue weighted by atomic mass is 16.5. The second kappa shape index (κ2) is 7.42. The Balaban J connectivity index is 1.95. The first-order valence-corrected chi connectivity index (χ1v) is 8.78. The molecular formula is C20H26N2O3. The highest BCUT2D eigenvalue weighted by Gasteiger charge is 2.29. The van der Waals surface area contributed by atoms with Gasteiger partial charge in [-0.25, -0.2) is 0 Å². The number of aliphatic hydroxyl groups is 1. The van der Waals surface area contributed by atoms with Crippen LogP contribution < -0.4 is 0 Å². The van der Waals surface area contributed by atoms with Crippen LogP contribution in [0.4, 0.5) is 0 Å². The summed E-state index contributed by atoms with van der Waals surface area (Å²) >= 11 is 0. The van der Waals surface area contributed by atoms with Crippen LogP contribution in [0.15, 0.2) is 30.3 Å². The van der Waals surface area contributed by atoms with E-state index in [-0.39, 0.29) is 18.6 Å². The summed E-state index contributed by atoms with van der Waals surface area (Å²) in [6.45, 7) is 7.74. The molecule has 1 saturated heterocycles. The second-order valence-corrected chi connectivity index (χ2v) is 6.70. The minimum absolute atomic E-state index is 0.0220. The molecule has 1 N–H and O–H groups in total. The Morgan fingerprint density at radius 3 is 2.80 bits per heavy atom. The quantitative estimate of drug-likeness (QED) is 0.929. The number of hydrogen-bond donors (Lipinski definition) is 1. The van der Waals surface area contributed by atoms with Crippen molar-refractivity contribution in [1.82, 2.24) is 9.47 Å². The minimum atomic E-state index is -0.0618. The van der Waals surface area contributed by atoms with E-state index in [9.17, 15) is 9.90 Å². The summed E-state index contributed by atoms with van der Waals surface area (Å²) in [4.78, 5) is 15.0. The van der Waals surface area contributed by atoms with Gasteiger partial charge in [0.1, 0.15) is 0 Å². The van der Waals surface area contributed by atoms with Gasteiger partial charge < -0.3 is 19.3 Å². The van der Waals surface area contributed by atoms with Gasteiger partial charge in [-0.15, -0.1) is 0 Å². The molecule has 0 saturated carbocycles. The minimum Gasteiger partial charge on any atom is -0.396 e. The number of aryl methyl sites for hydroxylation is 2. The zero-order valence-corrected chi connectivity index (χ0v) is 15.2. The summed E-state index contributed by atoms with van der Waals surface area (Å²) in [6, 6.07) is 10.2. The van der Waals surface area contributed by atoms with Gasteiger partial charge in [-0.1, -0.05) is 12.1 Å². The van der Waals surface area contributed by atoms with E-state index in [0.717, 1.165) is 22.6 Å². The lowest BCUT2D eigenvalue weighted by Gasteiger charge is -2.35. The molecule has 0 bridgehead atoms. The van der Waals surface area contributed by atoms with Crippen molar-refractivity contribution in [1.29, 1.82) is 0 Å². The molecule has 1 aliphatic rings. The highest BCUT2D eigenvalue weighted by molar-refractivity contribution is 5.96. The van der Waals surface area contributed by atoms with Crippen LogP contribution in [0.2, 0.25) is 0 Å². The van der Waals surface area contributed by atoms with Crippen molar-refractivity contribution >= 4 is 5.91 Å². The predicted octanol–water partition coefficient (Wildman–Crippen LogP) is 2.63. The van der Waals surface area contributed by atoms with E-state index in [2.05, 4.69) is 29.7 Å². The first-order chi connectivity index (χ1) is 12.0. The molecule has 5 nitrogen and oxygen atoms in total. The zero-order chi connectivity index (χ0) is 18.0. The van der Waals surface area contributed by atoms with Crippen molar-refractivity contribution in [3.63, 3.8) is 0 Å². The predicted molar refractivity (Wildman–Crippen MR) is 97.3 cm³/mol. The van der Waals surface area contributed by atoms with Crippen molar-refractivity contribution in [3.8, 4) is 5.69 Å². The van der Waals surface area contributed by atoms with E-state index in [1.165, 1.54) is 5.56 Å². The van der Waals surface area contributed by atoms with Crippen LogP contribution in [0.3, 0.4) is 0 Å². The standard InChI is InChI=1S/C20H26N2O3/c1-14-5-4-6-17(11-14)22-15(2)12-19(16(22)3)20(24)21-8-10-25-13-18(21)7-9-23/h4-6,11-12,18,23H,7-10,13H2,1-3H3/t18-/m1/s1. The molecule has 1 aliphatic heterocycles. The lowest BCUT2D eigenvalue weighted by molar-refractivity contribution is -0.00833. The molecule has 2 aromatic rings. The number of carbonyl (C=O) groups is 1. The van der Waals surface area contributed by atoms with Gasteiger partial charge in [0.25, 0.3) is 5.91 Å². The molecule has 0 radical (unpaired) electrons. The fourth-order valence-electron chi connectivity index (χ4n) is 3.61. The van der Waals surface area contributed by atoms with Gasteiger partial charge in [0.05, 0.1) is 24.8 Å². The molecule has 1 aromatic heterocycles. The molecule has 25 heavy (non-hydrogen) atoms. The number of ether oxygens (including phenoxy) is 1. The number of benzene rings is 1. The molecule has 0 aliphatic carbocycles. The summed E-state index contributed by atoms with van der Waals surface area (Å²) < 4.78 is 7.61. The van der Waals surface area contributed by atoms with Crippen LogP contribution in [0.1, 0.15) is 33.7 Å². The summed E-state index contributed by atoms with van der Waals surface area (Å²) in [7, 11) is 0. The lowest BCUT2D eigenvalue weighted by Crippen LogP contribution is -2.49. The largest absolute Gasteiger partial charge is 0.396 e. The van der Waals surface area contributed by atoms with Crippen LogP contribution in [0.25, 0.3) is 5.69 Å². The van der Waals surface area contributed by atoms with E-state index in [0.29, 0.717) is 26.2 Å². The topological polar surface area (TPSA) is 54.7 Å². The first-order valence-electron chi connectivity index (χ1n) is 8.78. The molecule has 0 unspecified atom stereocenters. The smallest absolute Gasteiger partial charge is 0.256 e. The third-order valence-corrected chi connectivity index (χ3v) is 4.87. The van der Waals surface area contributed by atoms with Crippen molar-refractivity contribution in [2.75, 3.05) is 26.4 Å². The van der Waals surface area contributed by atoms with Gasteiger partial charge >= 0.3 is 0 Å². The summed E-state index contributed by atoms with van der Waals surface area (Å²) in [5, 5.41) is 9.27. The Kier molecular flexibility index (Phi) is 5.25. The van der Waals surface area contributed by atoms with Crippen LogP contribution in [-0.2, 0) is 4.74 Å². The van der Waals surface area contributed by atoms with E-state index in [4.69, 9.17) is 4.74 Å². The molecule has 5 heteroatoms. The average Bonchev–Trinajstić information content (AvgIpc) is 2.89. The molecule has 3 rings (SSSR count). The highest BCUT2D eigenvalue weighted by Crippen LogP contribution is 2.24. The van der Waals surface area contributed by atoms with Crippen LogP contribution in [0.5, 0.6) is 0 Å². The maximum absolute atomic E-state index is 13.1. The van der Waals surface area contributed by atoms with Crippen molar-refractivity contribution in [3.05, 3.63) is 52.8 Å². The van der Waals surface area contributed by atoms with Crippen LogP contribution in [0, 0.1) is 20.8 Å². The van der Waals surface area contributed by atoms with Crippen molar-refractivity contribution < 1.29 is 14.6 Å². The molecule has 1 fully saturated rings. The van der Waals surface area contributed by atoms with Crippen LogP contribution >= 0.6 is 0 Å². The number of aromatic nitrogens is 1. The number of aliphatic hydroxyl groups excluding tert-OH is 1. The van der Waals surface area contributed by atoms with Crippen molar-refractivity contribution in [2.45, 2.75) is 33.2 Å². The SMILES string of the molecule is Cc1cccc(-n2c(C)cc(C(=O)N3CCOC[C@H]3CCO)c2C)c1. The van der Waals surface area contributed by atoms with E-state index in [1.54, 1.807) is 0 Å². The Bertz CT molecular complexity index is 764. The van der Waals surface area contributed by atoms with Crippen LogP contribution in [-0.4, -0.2) is 52.9 Å². The van der Waals surface area contributed by atoms with Gasteiger partial charge in [-0.3, -0.25) is 4.79 Å². The van der Waals surface area contributed by atoms with Gasteiger partial charge in [0.2, 0.25) is 0 Å². The summed E-state index contributed by atoms with van der Waals surface area (Å²) in [6.07, 6.45) is 0.544. The average molecular weight is 342 g/mol. The maximum Gasteiger partial charge on any atom is 0.256 e. The third kappa shape index (κ3) is 3.48. The fraction of sp³-hybridized carbons (Fsp3) is 0.450. The van der Waals surface area contributed by atoms with Gasteiger partial charge in [0, 0.05) is 30.2 Å². The zero-order valence-electron chi connectivity index (χ0n) is 15.2. The molecule has 1 amide bonds. The van der Waals surface area contributed by atoms with Gasteiger partial charge in [-0.2, -0.15) is 0 Å². The van der Waals surface area contributed by atoms with Crippen molar-refractivity contribution in [2.24, 2.45) is 0 Å². The number of rotatable bonds is 4. The molecule has 0 spiro atoms. The fourth-order valence-corrected chi connectivity index (χ4v) is 3.61. The number of amides is 1. The van der Waals surface area contributed by atoms with E-state index in [1.807, 2.05) is 30.9 Å². The second-order valence-electron chi connectivity index (χ2n) is 6.70. The Hall–Kier alpha value is -2.11. The lowest BCUT2D eigenvalue weighted by atomic mass is 10.1. The monoisotopic (exact) mass is 342 g/mol. The molecule has 1 aromatic carbocycles.